The molecule has 0 saturated heterocycles. The number of benzene rings is 1. The summed E-state index contributed by atoms with van der Waals surface area (Å²) in [4.78, 5) is 8.27. The molecule has 3 rings (SSSR count). The van der Waals surface area contributed by atoms with E-state index in [2.05, 4.69) is 9.97 Å². The van der Waals surface area contributed by atoms with E-state index in [1.165, 1.54) is 6.07 Å². The third-order valence-corrected chi connectivity index (χ3v) is 3.05. The molecule has 3 aromatic rings. The molecule has 3 nitrogen and oxygen atoms in total. The van der Waals surface area contributed by atoms with Crippen molar-refractivity contribution in [3.63, 3.8) is 0 Å². The Morgan fingerprint density at radius 1 is 1.05 bits per heavy atom. The van der Waals surface area contributed by atoms with Crippen LogP contribution in [0.3, 0.4) is 0 Å². The highest BCUT2D eigenvalue weighted by atomic mass is 35.5. The van der Waals surface area contributed by atoms with E-state index in [0.717, 1.165) is 11.3 Å². The lowest BCUT2D eigenvalue weighted by molar-refractivity contribution is 0.628. The summed E-state index contributed by atoms with van der Waals surface area (Å²) >= 11 is 5.81. The zero-order chi connectivity index (χ0) is 13.2. The van der Waals surface area contributed by atoms with Gasteiger partial charge in [0.1, 0.15) is 11.6 Å². The van der Waals surface area contributed by atoms with Gasteiger partial charge < -0.3 is 0 Å². The number of hydrogen-bond acceptors (Lipinski definition) is 2. The van der Waals surface area contributed by atoms with Crippen molar-refractivity contribution in [2.45, 2.75) is 0 Å². The molecule has 0 N–H and O–H groups in total. The van der Waals surface area contributed by atoms with Crippen LogP contribution in [-0.2, 0) is 0 Å². The molecule has 0 aliphatic carbocycles. The smallest absolute Gasteiger partial charge is 0.144 e. The van der Waals surface area contributed by atoms with Gasteiger partial charge in [-0.25, -0.2) is 9.37 Å². The predicted octanol–water partition coefficient (Wildman–Crippen LogP) is 3.73. The SMILES string of the molecule is Fc1ccc(-c2nccn2-c2ccncc2)cc1Cl. The number of aromatic nitrogens is 3. The largest absolute Gasteiger partial charge is 0.300 e. The standard InChI is InChI=1S/C14H9ClFN3/c15-12-9-10(1-2-13(12)16)14-18-7-8-19(14)11-3-5-17-6-4-11/h1-9H. The molecule has 0 aliphatic rings. The summed E-state index contributed by atoms with van der Waals surface area (Å²) in [5, 5.41) is 0.0850. The Morgan fingerprint density at radius 2 is 1.84 bits per heavy atom. The van der Waals surface area contributed by atoms with Crippen LogP contribution in [0.25, 0.3) is 17.1 Å². The second-order valence-electron chi connectivity index (χ2n) is 3.96. The highest BCUT2D eigenvalue weighted by Crippen LogP contribution is 2.25. The lowest BCUT2D eigenvalue weighted by Gasteiger charge is -2.08. The summed E-state index contributed by atoms with van der Waals surface area (Å²) < 4.78 is 15.1. The third-order valence-electron chi connectivity index (χ3n) is 2.76. The van der Waals surface area contributed by atoms with E-state index in [1.54, 1.807) is 30.7 Å². The van der Waals surface area contributed by atoms with Gasteiger partial charge in [0.25, 0.3) is 0 Å². The molecule has 5 heteroatoms. The van der Waals surface area contributed by atoms with Gasteiger partial charge in [0.2, 0.25) is 0 Å². The molecule has 2 aromatic heterocycles. The van der Waals surface area contributed by atoms with Gasteiger partial charge in [-0.2, -0.15) is 0 Å². The average molecular weight is 274 g/mol. The molecular formula is C14H9ClFN3. The fourth-order valence-corrected chi connectivity index (χ4v) is 2.05. The van der Waals surface area contributed by atoms with E-state index in [4.69, 9.17) is 11.6 Å². The first-order chi connectivity index (χ1) is 9.25. The normalized spacial score (nSPS) is 10.6. The number of halogens is 2. The van der Waals surface area contributed by atoms with Crippen LogP contribution in [0.1, 0.15) is 0 Å². The maximum Gasteiger partial charge on any atom is 0.144 e. The lowest BCUT2D eigenvalue weighted by atomic mass is 10.2. The molecule has 0 fully saturated rings. The van der Waals surface area contributed by atoms with Crippen LogP contribution in [0, 0.1) is 5.82 Å². The quantitative estimate of drug-likeness (QED) is 0.712. The van der Waals surface area contributed by atoms with Gasteiger partial charge in [-0.05, 0) is 30.3 Å². The van der Waals surface area contributed by atoms with Crippen molar-refractivity contribution in [1.29, 1.82) is 0 Å². The van der Waals surface area contributed by atoms with E-state index in [0.29, 0.717) is 5.82 Å². The topological polar surface area (TPSA) is 30.7 Å². The first-order valence-corrected chi connectivity index (χ1v) is 6.02. The van der Waals surface area contributed by atoms with Crippen LogP contribution in [0.4, 0.5) is 4.39 Å². The van der Waals surface area contributed by atoms with Crippen molar-refractivity contribution >= 4 is 11.6 Å². The zero-order valence-electron chi connectivity index (χ0n) is 9.79. The van der Waals surface area contributed by atoms with E-state index in [9.17, 15) is 4.39 Å². The second kappa shape index (κ2) is 4.82. The maximum absolute atomic E-state index is 13.2. The van der Waals surface area contributed by atoms with Crippen LogP contribution in [0.5, 0.6) is 0 Å². The molecule has 94 valence electrons. The number of hydrogen-bond donors (Lipinski definition) is 0. The Morgan fingerprint density at radius 3 is 2.58 bits per heavy atom. The summed E-state index contributed by atoms with van der Waals surface area (Å²) in [5.74, 6) is 0.264. The van der Waals surface area contributed by atoms with Gasteiger partial charge in [0, 0.05) is 30.4 Å². The number of pyridine rings is 1. The maximum atomic E-state index is 13.2. The minimum absolute atomic E-state index is 0.0850. The monoisotopic (exact) mass is 273 g/mol. The Hall–Kier alpha value is -2.20. The van der Waals surface area contributed by atoms with Crippen molar-refractivity contribution in [2.75, 3.05) is 0 Å². The van der Waals surface area contributed by atoms with Crippen LogP contribution in [0.15, 0.2) is 55.1 Å². The van der Waals surface area contributed by atoms with Gasteiger partial charge in [-0.1, -0.05) is 11.6 Å². The van der Waals surface area contributed by atoms with Gasteiger partial charge in [-0.3, -0.25) is 9.55 Å². The van der Waals surface area contributed by atoms with Gasteiger partial charge in [0.05, 0.1) is 10.7 Å². The first kappa shape index (κ1) is 11.9. The first-order valence-electron chi connectivity index (χ1n) is 5.65. The summed E-state index contributed by atoms with van der Waals surface area (Å²) in [5.41, 5.74) is 1.69. The average Bonchev–Trinajstić information content (AvgIpc) is 2.92. The van der Waals surface area contributed by atoms with Crippen molar-refractivity contribution in [3.8, 4) is 17.1 Å². The molecule has 0 spiro atoms. The van der Waals surface area contributed by atoms with Gasteiger partial charge >= 0.3 is 0 Å². The molecule has 0 unspecified atom stereocenters. The minimum atomic E-state index is -0.438. The number of rotatable bonds is 2. The number of imidazole rings is 1. The molecular weight excluding hydrogens is 265 g/mol. The van der Waals surface area contributed by atoms with Crippen LogP contribution < -0.4 is 0 Å². The fraction of sp³-hybridized carbons (Fsp3) is 0. The van der Waals surface area contributed by atoms with Crippen molar-refractivity contribution < 1.29 is 4.39 Å². The minimum Gasteiger partial charge on any atom is -0.300 e. The van der Waals surface area contributed by atoms with Crippen LogP contribution >= 0.6 is 11.6 Å². The molecule has 0 aliphatic heterocycles. The van der Waals surface area contributed by atoms with Crippen LogP contribution in [0.2, 0.25) is 5.02 Å². The summed E-state index contributed by atoms with van der Waals surface area (Å²) in [7, 11) is 0. The molecule has 0 bridgehead atoms. The highest BCUT2D eigenvalue weighted by molar-refractivity contribution is 6.31. The molecule has 1 aromatic carbocycles. The summed E-state index contributed by atoms with van der Waals surface area (Å²) in [6.45, 7) is 0. The van der Waals surface area contributed by atoms with E-state index in [1.807, 2.05) is 22.9 Å². The van der Waals surface area contributed by atoms with Crippen molar-refractivity contribution in [1.82, 2.24) is 14.5 Å². The van der Waals surface area contributed by atoms with E-state index >= 15 is 0 Å². The van der Waals surface area contributed by atoms with Crippen molar-refractivity contribution in [2.24, 2.45) is 0 Å². The zero-order valence-corrected chi connectivity index (χ0v) is 10.5. The van der Waals surface area contributed by atoms with E-state index < -0.39 is 5.82 Å². The molecule has 0 amide bonds. The number of nitrogens with zero attached hydrogens (tertiary/aromatic N) is 3. The van der Waals surface area contributed by atoms with E-state index in [-0.39, 0.29) is 5.02 Å². The Kier molecular flexibility index (Phi) is 3.01. The Bertz CT molecular complexity index is 710. The van der Waals surface area contributed by atoms with Crippen molar-refractivity contribution in [3.05, 3.63) is 66.0 Å². The third kappa shape index (κ3) is 2.22. The molecule has 0 atom stereocenters. The predicted molar refractivity (Wildman–Crippen MR) is 71.8 cm³/mol. The molecule has 0 radical (unpaired) electrons. The Labute approximate surface area is 114 Å². The Balaban J connectivity index is 2.12. The lowest BCUT2D eigenvalue weighted by Crippen LogP contribution is -1.96. The highest BCUT2D eigenvalue weighted by Gasteiger charge is 2.09. The molecule has 0 saturated carbocycles. The van der Waals surface area contributed by atoms with Gasteiger partial charge in [-0.15, -0.1) is 0 Å². The summed E-state index contributed by atoms with van der Waals surface area (Å²) in [6, 6.07) is 8.30. The molecule has 19 heavy (non-hydrogen) atoms. The van der Waals surface area contributed by atoms with Crippen LogP contribution in [-0.4, -0.2) is 14.5 Å². The summed E-state index contributed by atoms with van der Waals surface area (Å²) in [6.07, 6.45) is 6.93. The fourth-order valence-electron chi connectivity index (χ4n) is 1.87. The van der Waals surface area contributed by atoms with Gasteiger partial charge in [0.15, 0.2) is 0 Å². The second-order valence-corrected chi connectivity index (χ2v) is 4.36. The molecule has 2 heterocycles.